The van der Waals surface area contributed by atoms with E-state index in [-0.39, 0.29) is 0 Å². The molecule has 1 nitrogen and oxygen atoms in total. The fourth-order valence-corrected chi connectivity index (χ4v) is 2.54. The van der Waals surface area contributed by atoms with Crippen LogP contribution in [0.4, 0.5) is 0 Å². The molecule has 0 bridgehead atoms. The van der Waals surface area contributed by atoms with Gasteiger partial charge >= 0.3 is 0 Å². The molecule has 0 spiro atoms. The molecule has 2 aromatic carbocycles. The first-order chi connectivity index (χ1) is 7.93. The Morgan fingerprint density at radius 1 is 1.06 bits per heavy atom. The smallest absolute Gasteiger partial charge is 0.0239 e. The van der Waals surface area contributed by atoms with Crippen LogP contribution < -0.4 is 0 Å². The monoisotopic (exact) mass is 210 g/mol. The number of likely N-dealkylation sites (tertiary alicyclic amines) is 1. The van der Waals surface area contributed by atoms with E-state index in [1.165, 1.54) is 42.3 Å². The summed E-state index contributed by atoms with van der Waals surface area (Å²) in [7, 11) is 0. The van der Waals surface area contributed by atoms with E-state index in [1.54, 1.807) is 0 Å². The van der Waals surface area contributed by atoms with E-state index >= 15 is 0 Å². The third-order valence-corrected chi connectivity index (χ3v) is 3.39. The van der Waals surface area contributed by atoms with Crippen molar-refractivity contribution in [1.29, 1.82) is 0 Å². The lowest BCUT2D eigenvalue weighted by Gasteiger charge is -2.16. The van der Waals surface area contributed by atoms with Crippen molar-refractivity contribution in [3.63, 3.8) is 0 Å². The Hall–Kier alpha value is -1.34. The number of fused-ring (bicyclic) bond motifs is 1. The van der Waals surface area contributed by atoms with Crippen LogP contribution in [-0.2, 0) is 6.54 Å². The molecule has 1 saturated heterocycles. The maximum absolute atomic E-state index is 3.30. The Morgan fingerprint density at radius 3 is 2.81 bits per heavy atom. The maximum atomic E-state index is 3.30. The summed E-state index contributed by atoms with van der Waals surface area (Å²) in [5.41, 5.74) is 1.44. The minimum atomic E-state index is 1.09. The molecule has 0 amide bonds. The molecule has 0 saturated carbocycles. The second-order valence-electron chi connectivity index (χ2n) is 4.53. The van der Waals surface area contributed by atoms with Gasteiger partial charge < -0.3 is 0 Å². The van der Waals surface area contributed by atoms with Crippen LogP contribution in [0.3, 0.4) is 0 Å². The highest BCUT2D eigenvalue weighted by Gasteiger charge is 2.12. The highest BCUT2D eigenvalue weighted by molar-refractivity contribution is 5.85. The van der Waals surface area contributed by atoms with Gasteiger partial charge in [0, 0.05) is 6.54 Å². The highest BCUT2D eigenvalue weighted by atomic mass is 15.1. The van der Waals surface area contributed by atoms with Crippen LogP contribution in [0.25, 0.3) is 10.8 Å². The van der Waals surface area contributed by atoms with Gasteiger partial charge in [-0.15, -0.1) is 0 Å². The van der Waals surface area contributed by atoms with Gasteiger partial charge in [-0.25, -0.2) is 0 Å². The standard InChI is InChI=1S/C15H16N/c1-2-9-15-13(6-1)7-5-8-14(15)12-16-10-3-4-11-16/h1-2,5,7-9H,3-4,10-12H2. The normalized spacial score (nSPS) is 17.0. The lowest BCUT2D eigenvalue weighted by atomic mass is 10.0. The summed E-state index contributed by atoms with van der Waals surface area (Å²) < 4.78 is 0. The van der Waals surface area contributed by atoms with E-state index in [0.717, 1.165) is 6.54 Å². The van der Waals surface area contributed by atoms with Crippen molar-refractivity contribution in [2.45, 2.75) is 19.4 Å². The van der Waals surface area contributed by atoms with Crippen molar-refractivity contribution in [1.82, 2.24) is 4.90 Å². The molecule has 0 aromatic heterocycles. The molecule has 81 valence electrons. The highest BCUT2D eigenvalue weighted by Crippen LogP contribution is 2.21. The molecule has 1 radical (unpaired) electrons. The molecular formula is C15H16N. The Bertz CT molecular complexity index is 478. The third-order valence-electron chi connectivity index (χ3n) is 3.39. The summed E-state index contributed by atoms with van der Waals surface area (Å²) in [6.07, 6.45) is 2.72. The molecule has 16 heavy (non-hydrogen) atoms. The van der Waals surface area contributed by atoms with Crippen LogP contribution in [0, 0.1) is 6.07 Å². The quantitative estimate of drug-likeness (QED) is 0.735. The van der Waals surface area contributed by atoms with E-state index in [9.17, 15) is 0 Å². The number of nitrogens with zero attached hydrogens (tertiary/aromatic N) is 1. The first-order valence-corrected chi connectivity index (χ1v) is 6.04. The summed E-state index contributed by atoms with van der Waals surface area (Å²) in [5, 5.41) is 2.59. The van der Waals surface area contributed by atoms with E-state index in [2.05, 4.69) is 41.3 Å². The van der Waals surface area contributed by atoms with Crippen molar-refractivity contribution >= 4 is 10.8 Å². The first kappa shape index (κ1) is 9.86. The lowest BCUT2D eigenvalue weighted by molar-refractivity contribution is 0.332. The minimum Gasteiger partial charge on any atom is -0.299 e. The van der Waals surface area contributed by atoms with Crippen LogP contribution in [-0.4, -0.2) is 18.0 Å². The predicted octanol–water partition coefficient (Wildman–Crippen LogP) is 3.24. The van der Waals surface area contributed by atoms with Gasteiger partial charge in [0.1, 0.15) is 0 Å². The largest absolute Gasteiger partial charge is 0.299 e. The SMILES string of the molecule is [c]1cccc2c(CN3CCCC3)cccc12. The Kier molecular flexibility index (Phi) is 2.63. The summed E-state index contributed by atoms with van der Waals surface area (Å²) >= 11 is 0. The maximum Gasteiger partial charge on any atom is 0.0239 e. The number of benzene rings is 2. The molecule has 0 aliphatic carbocycles. The Labute approximate surface area is 96.7 Å². The van der Waals surface area contributed by atoms with Crippen LogP contribution in [0.1, 0.15) is 18.4 Å². The summed E-state index contributed by atoms with van der Waals surface area (Å²) in [6.45, 7) is 3.61. The zero-order chi connectivity index (χ0) is 10.8. The molecule has 2 aromatic rings. The second kappa shape index (κ2) is 4.26. The number of hydrogen-bond acceptors (Lipinski definition) is 1. The fourth-order valence-electron chi connectivity index (χ4n) is 2.54. The second-order valence-corrected chi connectivity index (χ2v) is 4.53. The molecule has 1 fully saturated rings. The van der Waals surface area contributed by atoms with Crippen molar-refractivity contribution in [2.24, 2.45) is 0 Å². The van der Waals surface area contributed by atoms with Crippen molar-refractivity contribution < 1.29 is 0 Å². The Morgan fingerprint density at radius 2 is 1.94 bits per heavy atom. The van der Waals surface area contributed by atoms with E-state index in [4.69, 9.17) is 0 Å². The molecule has 1 aliphatic heterocycles. The van der Waals surface area contributed by atoms with Crippen molar-refractivity contribution in [3.05, 3.63) is 48.0 Å². The van der Waals surface area contributed by atoms with Gasteiger partial charge in [-0.05, 0) is 48.3 Å². The van der Waals surface area contributed by atoms with Gasteiger partial charge in [0.2, 0.25) is 0 Å². The molecule has 0 atom stereocenters. The van der Waals surface area contributed by atoms with E-state index in [1.807, 2.05) is 6.07 Å². The average molecular weight is 210 g/mol. The van der Waals surface area contributed by atoms with Crippen LogP contribution in [0.15, 0.2) is 36.4 Å². The summed E-state index contributed by atoms with van der Waals surface area (Å²) in [4.78, 5) is 2.54. The van der Waals surface area contributed by atoms with Gasteiger partial charge in [0.15, 0.2) is 0 Å². The molecule has 1 heterocycles. The average Bonchev–Trinajstić information content (AvgIpc) is 2.82. The molecule has 0 unspecified atom stereocenters. The van der Waals surface area contributed by atoms with Gasteiger partial charge in [-0.1, -0.05) is 36.4 Å². The first-order valence-electron chi connectivity index (χ1n) is 6.04. The van der Waals surface area contributed by atoms with Gasteiger partial charge in [-0.2, -0.15) is 0 Å². The van der Waals surface area contributed by atoms with Crippen LogP contribution in [0.2, 0.25) is 0 Å². The molecule has 1 aliphatic rings. The molecule has 3 rings (SSSR count). The van der Waals surface area contributed by atoms with E-state index < -0.39 is 0 Å². The lowest BCUT2D eigenvalue weighted by Crippen LogP contribution is -2.18. The molecule has 0 N–H and O–H groups in total. The van der Waals surface area contributed by atoms with Gasteiger partial charge in [0.25, 0.3) is 0 Å². The van der Waals surface area contributed by atoms with Gasteiger partial charge in [0.05, 0.1) is 0 Å². The fraction of sp³-hybridized carbons (Fsp3) is 0.333. The minimum absolute atomic E-state index is 1.09. The molecular weight excluding hydrogens is 194 g/mol. The van der Waals surface area contributed by atoms with Crippen LogP contribution >= 0.6 is 0 Å². The molecule has 1 heteroatoms. The zero-order valence-corrected chi connectivity index (χ0v) is 9.45. The zero-order valence-electron chi connectivity index (χ0n) is 9.45. The van der Waals surface area contributed by atoms with Crippen molar-refractivity contribution in [3.8, 4) is 0 Å². The Balaban J connectivity index is 1.96. The van der Waals surface area contributed by atoms with Gasteiger partial charge in [-0.3, -0.25) is 4.90 Å². The van der Waals surface area contributed by atoms with Crippen molar-refractivity contribution in [2.75, 3.05) is 13.1 Å². The third kappa shape index (κ3) is 1.83. The number of hydrogen-bond donors (Lipinski definition) is 0. The summed E-state index contributed by atoms with van der Waals surface area (Å²) in [6, 6.07) is 16.1. The predicted molar refractivity (Wildman–Crippen MR) is 67.3 cm³/mol. The summed E-state index contributed by atoms with van der Waals surface area (Å²) in [5.74, 6) is 0. The topological polar surface area (TPSA) is 3.24 Å². The van der Waals surface area contributed by atoms with Crippen LogP contribution in [0.5, 0.6) is 0 Å². The van der Waals surface area contributed by atoms with E-state index in [0.29, 0.717) is 0 Å². The number of rotatable bonds is 2.